The van der Waals surface area contributed by atoms with Crippen LogP contribution in [0.1, 0.15) is 31.0 Å². The zero-order valence-corrected chi connectivity index (χ0v) is 16.8. The van der Waals surface area contributed by atoms with Crippen LogP contribution in [-0.4, -0.2) is 44.6 Å². The minimum atomic E-state index is -0.584. The van der Waals surface area contributed by atoms with Gasteiger partial charge in [0.1, 0.15) is 24.8 Å². The van der Waals surface area contributed by atoms with Crippen LogP contribution in [0.4, 0.5) is 0 Å². The number of nitrogens with zero attached hydrogens (tertiary/aromatic N) is 4. The maximum absolute atomic E-state index is 10.2. The molecule has 150 valence electrons. The molecule has 8 heteroatoms. The van der Waals surface area contributed by atoms with E-state index in [4.69, 9.17) is 4.74 Å². The van der Waals surface area contributed by atoms with Crippen LogP contribution in [0.15, 0.2) is 54.9 Å². The number of benzene rings is 2. The number of rotatable bonds is 9. The molecule has 1 aromatic heterocycles. The van der Waals surface area contributed by atoms with Crippen LogP contribution in [0.3, 0.4) is 0 Å². The molecular formula is C20H26ClN5O2. The third-order valence-corrected chi connectivity index (χ3v) is 4.44. The summed E-state index contributed by atoms with van der Waals surface area (Å²) in [5.74, 6) is 0.775. The Morgan fingerprint density at radius 2 is 1.82 bits per heavy atom. The highest BCUT2D eigenvalue weighted by atomic mass is 35.5. The smallest absolute Gasteiger partial charge is 0.143 e. The lowest BCUT2D eigenvalue weighted by molar-refractivity contribution is 0.104. The summed E-state index contributed by atoms with van der Waals surface area (Å²) >= 11 is 0. The second kappa shape index (κ2) is 10.8. The Balaban J connectivity index is 0.00000280. The van der Waals surface area contributed by atoms with Gasteiger partial charge in [0.25, 0.3) is 0 Å². The number of aliphatic hydroxyl groups is 1. The van der Waals surface area contributed by atoms with Crippen molar-refractivity contribution in [1.82, 2.24) is 25.5 Å². The summed E-state index contributed by atoms with van der Waals surface area (Å²) in [7, 11) is 0. The second-order valence-corrected chi connectivity index (χ2v) is 6.44. The lowest BCUT2D eigenvalue weighted by Crippen LogP contribution is -2.33. The van der Waals surface area contributed by atoms with Gasteiger partial charge < -0.3 is 15.2 Å². The van der Waals surface area contributed by atoms with Crippen LogP contribution in [0.2, 0.25) is 0 Å². The average Bonchev–Trinajstić information content (AvgIpc) is 3.26. The normalized spacial score (nSPS) is 12.8. The predicted molar refractivity (Wildman–Crippen MR) is 110 cm³/mol. The summed E-state index contributed by atoms with van der Waals surface area (Å²) in [6, 6.07) is 16.0. The van der Waals surface area contributed by atoms with Gasteiger partial charge in [-0.05, 0) is 59.2 Å². The Bertz CT molecular complexity index is 810. The van der Waals surface area contributed by atoms with E-state index in [2.05, 4.69) is 34.7 Å². The Hall–Kier alpha value is -2.48. The molecule has 2 aromatic carbocycles. The Morgan fingerprint density at radius 3 is 2.43 bits per heavy atom. The van der Waals surface area contributed by atoms with Crippen molar-refractivity contribution in [2.75, 3.05) is 13.2 Å². The molecule has 0 saturated carbocycles. The third-order valence-electron chi connectivity index (χ3n) is 4.44. The number of halogens is 1. The van der Waals surface area contributed by atoms with E-state index in [1.54, 1.807) is 11.0 Å². The van der Waals surface area contributed by atoms with Crippen molar-refractivity contribution < 1.29 is 9.84 Å². The fraction of sp³-hybridized carbons (Fsp3) is 0.350. The molecule has 0 aliphatic heterocycles. The van der Waals surface area contributed by atoms with Crippen LogP contribution in [0.5, 0.6) is 5.75 Å². The van der Waals surface area contributed by atoms with Gasteiger partial charge in [0.15, 0.2) is 0 Å². The number of ether oxygens (including phenoxy) is 1. The number of hydrogen-bond acceptors (Lipinski definition) is 6. The van der Waals surface area contributed by atoms with E-state index in [-0.39, 0.29) is 25.1 Å². The molecule has 2 atom stereocenters. The first kappa shape index (κ1) is 21.8. The molecule has 0 fully saturated rings. The van der Waals surface area contributed by atoms with Crippen molar-refractivity contribution in [3.63, 3.8) is 0 Å². The number of aliphatic hydroxyl groups excluding tert-OH is 1. The second-order valence-electron chi connectivity index (χ2n) is 6.44. The van der Waals surface area contributed by atoms with Crippen LogP contribution >= 0.6 is 12.4 Å². The minimum Gasteiger partial charge on any atom is -0.491 e. The first-order valence-corrected chi connectivity index (χ1v) is 9.12. The van der Waals surface area contributed by atoms with Gasteiger partial charge in [-0.15, -0.1) is 17.5 Å². The lowest BCUT2D eigenvalue weighted by Gasteiger charge is -2.18. The molecule has 2 unspecified atom stereocenters. The van der Waals surface area contributed by atoms with Gasteiger partial charge in [-0.2, -0.15) is 0 Å². The molecule has 2 N–H and O–H groups in total. The zero-order valence-electron chi connectivity index (χ0n) is 16.0. The molecule has 0 spiro atoms. The summed E-state index contributed by atoms with van der Waals surface area (Å²) in [6.07, 6.45) is 1.98. The van der Waals surface area contributed by atoms with Crippen LogP contribution < -0.4 is 10.1 Å². The van der Waals surface area contributed by atoms with Crippen molar-refractivity contribution in [3.05, 3.63) is 66.0 Å². The number of aryl methyl sites for hydroxylation is 1. The number of nitrogens with one attached hydrogen (secondary N) is 1. The van der Waals surface area contributed by atoms with E-state index >= 15 is 0 Å². The molecule has 0 radical (unpaired) electrons. The van der Waals surface area contributed by atoms with Crippen LogP contribution in [0.25, 0.3) is 5.69 Å². The fourth-order valence-electron chi connectivity index (χ4n) is 2.70. The summed E-state index contributed by atoms with van der Waals surface area (Å²) in [5, 5.41) is 24.6. The topological polar surface area (TPSA) is 85.1 Å². The summed E-state index contributed by atoms with van der Waals surface area (Å²) in [4.78, 5) is 0. The molecule has 3 aromatic rings. The number of hydrogen-bond donors (Lipinski definition) is 2. The maximum Gasteiger partial charge on any atom is 0.143 e. The summed E-state index contributed by atoms with van der Waals surface area (Å²) in [6.45, 7) is 4.88. The van der Waals surface area contributed by atoms with Gasteiger partial charge in [0, 0.05) is 12.6 Å². The molecule has 0 saturated heterocycles. The standard InChI is InChI=1S/C20H25N5O2.ClH/c1-3-16-4-10-20(11-5-16)27-13-19(26)12-21-15(2)17-6-8-18(9-7-17)25-14-22-23-24-25;/h4-11,14-15,19,21,26H,3,12-13H2,1-2H3;1H. The fourth-order valence-corrected chi connectivity index (χ4v) is 2.70. The molecule has 1 heterocycles. The van der Waals surface area contributed by atoms with Crippen molar-refractivity contribution >= 4 is 12.4 Å². The van der Waals surface area contributed by atoms with Crippen molar-refractivity contribution in [2.45, 2.75) is 32.4 Å². The van der Waals surface area contributed by atoms with E-state index in [0.717, 1.165) is 23.4 Å². The maximum atomic E-state index is 10.2. The minimum absolute atomic E-state index is 0. The SMILES string of the molecule is CCc1ccc(OCC(O)CNC(C)c2ccc(-n3cnnn3)cc2)cc1.Cl. The van der Waals surface area contributed by atoms with E-state index in [0.29, 0.717) is 6.54 Å². The van der Waals surface area contributed by atoms with Gasteiger partial charge in [-0.25, -0.2) is 4.68 Å². The van der Waals surface area contributed by atoms with E-state index in [9.17, 15) is 5.11 Å². The van der Waals surface area contributed by atoms with E-state index < -0.39 is 6.10 Å². The lowest BCUT2D eigenvalue weighted by atomic mass is 10.1. The van der Waals surface area contributed by atoms with Crippen LogP contribution in [-0.2, 0) is 6.42 Å². The molecular weight excluding hydrogens is 378 g/mol. The predicted octanol–water partition coefficient (Wildman–Crippen LogP) is 2.74. The monoisotopic (exact) mass is 403 g/mol. The quantitative estimate of drug-likeness (QED) is 0.571. The van der Waals surface area contributed by atoms with Crippen LogP contribution in [0, 0.1) is 0 Å². The van der Waals surface area contributed by atoms with Gasteiger partial charge in [0.2, 0.25) is 0 Å². The van der Waals surface area contributed by atoms with Crippen molar-refractivity contribution in [2.24, 2.45) is 0 Å². The van der Waals surface area contributed by atoms with E-state index in [1.807, 2.05) is 48.5 Å². The third kappa shape index (κ3) is 6.02. The average molecular weight is 404 g/mol. The molecule has 0 aliphatic rings. The van der Waals surface area contributed by atoms with Crippen molar-refractivity contribution in [3.8, 4) is 11.4 Å². The molecule has 28 heavy (non-hydrogen) atoms. The van der Waals surface area contributed by atoms with Gasteiger partial charge in [0.05, 0.1) is 5.69 Å². The van der Waals surface area contributed by atoms with Gasteiger partial charge >= 0.3 is 0 Å². The largest absolute Gasteiger partial charge is 0.491 e. The Labute approximate surface area is 171 Å². The summed E-state index contributed by atoms with van der Waals surface area (Å²) in [5.41, 5.74) is 3.29. The number of aromatic nitrogens is 4. The molecule has 7 nitrogen and oxygen atoms in total. The summed E-state index contributed by atoms with van der Waals surface area (Å²) < 4.78 is 7.26. The highest BCUT2D eigenvalue weighted by molar-refractivity contribution is 5.85. The zero-order chi connectivity index (χ0) is 19.1. The molecule has 0 amide bonds. The highest BCUT2D eigenvalue weighted by Crippen LogP contribution is 2.15. The first-order chi connectivity index (χ1) is 13.2. The molecule has 0 aliphatic carbocycles. The Kier molecular flexibility index (Phi) is 8.38. The van der Waals surface area contributed by atoms with Crippen molar-refractivity contribution in [1.29, 1.82) is 0 Å². The van der Waals surface area contributed by atoms with Gasteiger partial charge in [-0.1, -0.05) is 31.2 Å². The molecule has 0 bridgehead atoms. The Morgan fingerprint density at radius 1 is 1.11 bits per heavy atom. The highest BCUT2D eigenvalue weighted by Gasteiger charge is 2.10. The molecule has 3 rings (SSSR count). The van der Waals surface area contributed by atoms with Gasteiger partial charge in [-0.3, -0.25) is 0 Å². The van der Waals surface area contributed by atoms with E-state index in [1.165, 1.54) is 5.56 Å². The first-order valence-electron chi connectivity index (χ1n) is 9.12. The number of tetrazole rings is 1.